The molecule has 0 aromatic heterocycles. The Bertz CT molecular complexity index is 203. The van der Waals surface area contributed by atoms with Crippen LogP contribution in [0, 0.1) is 0 Å². The summed E-state index contributed by atoms with van der Waals surface area (Å²) in [5.74, 6) is -0.0744. The van der Waals surface area contributed by atoms with E-state index in [1.165, 1.54) is 31.9 Å². The highest BCUT2D eigenvalue weighted by Gasteiger charge is 2.17. The van der Waals surface area contributed by atoms with Crippen LogP contribution < -0.4 is 5.32 Å². The van der Waals surface area contributed by atoms with Crippen molar-refractivity contribution in [3.63, 3.8) is 0 Å². The zero-order chi connectivity index (χ0) is 10.4. The summed E-state index contributed by atoms with van der Waals surface area (Å²) < 4.78 is 0. The number of hydrogen-bond donors (Lipinski definition) is 1. The maximum Gasteiger partial charge on any atom is 0.243 e. The first-order valence-corrected chi connectivity index (χ1v) is 5.38. The molecule has 1 fully saturated rings. The fourth-order valence-corrected chi connectivity index (χ4v) is 1.88. The van der Waals surface area contributed by atoms with Crippen LogP contribution in [0.25, 0.3) is 0 Å². The predicted octanol–water partition coefficient (Wildman–Crippen LogP) is 1.16. The van der Waals surface area contributed by atoms with Gasteiger partial charge in [-0.3, -0.25) is 9.69 Å². The molecule has 1 saturated heterocycles. The zero-order valence-corrected chi connectivity index (χ0v) is 8.96. The normalized spacial score (nSPS) is 23.1. The van der Waals surface area contributed by atoms with Crippen LogP contribution in [0.15, 0.2) is 12.7 Å². The Balaban J connectivity index is 2.16. The lowest BCUT2D eigenvalue weighted by molar-refractivity contribution is -0.116. The van der Waals surface area contributed by atoms with E-state index in [9.17, 15) is 4.79 Å². The number of nitrogens with one attached hydrogen (secondary N) is 1. The van der Waals surface area contributed by atoms with E-state index in [0.717, 1.165) is 13.1 Å². The maximum atomic E-state index is 10.9. The van der Waals surface area contributed by atoms with E-state index in [2.05, 4.69) is 23.7 Å². The molecule has 1 N–H and O–H groups in total. The van der Waals surface area contributed by atoms with Crippen molar-refractivity contribution in [2.45, 2.75) is 32.2 Å². The third-order valence-corrected chi connectivity index (χ3v) is 2.82. The lowest BCUT2D eigenvalue weighted by Crippen LogP contribution is -2.42. The number of rotatable bonds is 4. The van der Waals surface area contributed by atoms with Gasteiger partial charge in [-0.1, -0.05) is 13.0 Å². The second kappa shape index (κ2) is 5.81. The average molecular weight is 196 g/mol. The van der Waals surface area contributed by atoms with Crippen LogP contribution in [0.4, 0.5) is 0 Å². The summed E-state index contributed by atoms with van der Waals surface area (Å²) in [6.45, 7) is 8.54. The molecular weight excluding hydrogens is 176 g/mol. The van der Waals surface area contributed by atoms with Gasteiger partial charge in [-0.2, -0.15) is 0 Å². The molecule has 0 aromatic carbocycles. The van der Waals surface area contributed by atoms with Crippen molar-refractivity contribution in [3.8, 4) is 0 Å². The Morgan fingerprint density at radius 2 is 2.43 bits per heavy atom. The van der Waals surface area contributed by atoms with Gasteiger partial charge in [0.25, 0.3) is 0 Å². The monoisotopic (exact) mass is 196 g/mol. The summed E-state index contributed by atoms with van der Waals surface area (Å²) in [5, 5.41) is 2.80. The molecule has 1 unspecified atom stereocenters. The highest BCUT2D eigenvalue weighted by molar-refractivity contribution is 5.86. The number of carbonyl (C=O) groups is 1. The molecule has 3 nitrogen and oxygen atoms in total. The van der Waals surface area contributed by atoms with Gasteiger partial charge in [-0.05, 0) is 32.4 Å². The summed E-state index contributed by atoms with van der Waals surface area (Å²) in [5.41, 5.74) is 0. The van der Waals surface area contributed by atoms with E-state index < -0.39 is 0 Å². The van der Waals surface area contributed by atoms with Gasteiger partial charge in [-0.15, -0.1) is 0 Å². The van der Waals surface area contributed by atoms with E-state index in [0.29, 0.717) is 6.04 Å². The number of amides is 1. The summed E-state index contributed by atoms with van der Waals surface area (Å²) in [6.07, 6.45) is 5.24. The third-order valence-electron chi connectivity index (χ3n) is 2.82. The average Bonchev–Trinajstić information content (AvgIpc) is 2.20. The fraction of sp³-hybridized carbons (Fsp3) is 0.727. The van der Waals surface area contributed by atoms with E-state index in [1.54, 1.807) is 0 Å². The van der Waals surface area contributed by atoms with Gasteiger partial charge < -0.3 is 5.32 Å². The largest absolute Gasteiger partial charge is 0.351 e. The highest BCUT2D eigenvalue weighted by Crippen LogP contribution is 2.15. The molecule has 80 valence electrons. The second-order valence-corrected chi connectivity index (χ2v) is 3.88. The van der Waals surface area contributed by atoms with Crippen LogP contribution in [0.1, 0.15) is 26.2 Å². The van der Waals surface area contributed by atoms with Crippen LogP contribution in [0.5, 0.6) is 0 Å². The molecule has 0 bridgehead atoms. The number of hydrogen-bond acceptors (Lipinski definition) is 2. The first kappa shape index (κ1) is 11.2. The second-order valence-electron chi connectivity index (χ2n) is 3.88. The van der Waals surface area contributed by atoms with Crippen LogP contribution in [0.2, 0.25) is 0 Å². The molecule has 14 heavy (non-hydrogen) atoms. The third kappa shape index (κ3) is 3.50. The van der Waals surface area contributed by atoms with Crippen molar-refractivity contribution in [1.82, 2.24) is 10.2 Å². The summed E-state index contributed by atoms with van der Waals surface area (Å²) in [7, 11) is 0. The summed E-state index contributed by atoms with van der Waals surface area (Å²) in [4.78, 5) is 13.3. The van der Waals surface area contributed by atoms with Gasteiger partial charge in [0, 0.05) is 19.1 Å². The minimum absolute atomic E-state index is 0.0744. The highest BCUT2D eigenvalue weighted by atomic mass is 16.1. The van der Waals surface area contributed by atoms with Crippen molar-refractivity contribution < 1.29 is 4.79 Å². The molecule has 1 aliphatic rings. The van der Waals surface area contributed by atoms with Crippen LogP contribution in [0.3, 0.4) is 0 Å². The number of nitrogens with zero attached hydrogens (tertiary/aromatic N) is 1. The van der Waals surface area contributed by atoms with Crippen LogP contribution in [-0.4, -0.2) is 36.5 Å². The van der Waals surface area contributed by atoms with Crippen molar-refractivity contribution in [2.75, 3.05) is 19.6 Å². The topological polar surface area (TPSA) is 32.3 Å². The van der Waals surface area contributed by atoms with E-state index in [4.69, 9.17) is 0 Å². The van der Waals surface area contributed by atoms with Gasteiger partial charge in [0.05, 0.1) is 0 Å². The van der Waals surface area contributed by atoms with E-state index in [-0.39, 0.29) is 5.91 Å². The number of piperidine rings is 1. The maximum absolute atomic E-state index is 10.9. The lowest BCUT2D eigenvalue weighted by Gasteiger charge is -2.33. The zero-order valence-electron chi connectivity index (χ0n) is 8.96. The molecule has 0 aliphatic carbocycles. The fourth-order valence-electron chi connectivity index (χ4n) is 1.88. The van der Waals surface area contributed by atoms with Crippen molar-refractivity contribution >= 4 is 5.91 Å². The standard InChI is InChI=1S/C11H20N2O/c1-3-11(14)12-7-9-13-8-5-4-6-10(13)2/h3,10H,1,4-9H2,2H3,(H,12,14). The molecule has 1 atom stereocenters. The smallest absolute Gasteiger partial charge is 0.243 e. The Labute approximate surface area is 86.2 Å². The molecule has 0 aromatic rings. The number of carbonyl (C=O) groups excluding carboxylic acids is 1. The molecule has 0 saturated carbocycles. The van der Waals surface area contributed by atoms with Crippen molar-refractivity contribution in [1.29, 1.82) is 0 Å². The van der Waals surface area contributed by atoms with E-state index >= 15 is 0 Å². The Hall–Kier alpha value is -0.830. The first-order valence-electron chi connectivity index (χ1n) is 5.38. The quantitative estimate of drug-likeness (QED) is 0.684. The molecule has 1 amide bonds. The van der Waals surface area contributed by atoms with Crippen molar-refractivity contribution in [2.24, 2.45) is 0 Å². The SMILES string of the molecule is C=CC(=O)NCCN1CCCCC1C. The Kier molecular flexibility index (Phi) is 4.66. The molecule has 0 radical (unpaired) electrons. The summed E-state index contributed by atoms with van der Waals surface area (Å²) in [6, 6.07) is 0.671. The van der Waals surface area contributed by atoms with Crippen LogP contribution in [-0.2, 0) is 4.79 Å². The minimum atomic E-state index is -0.0744. The van der Waals surface area contributed by atoms with Gasteiger partial charge in [0.1, 0.15) is 0 Å². The molecule has 0 spiro atoms. The molecule has 3 heteroatoms. The molecule has 1 rings (SSSR count). The molecular formula is C11H20N2O. The van der Waals surface area contributed by atoms with Crippen LogP contribution >= 0.6 is 0 Å². The number of likely N-dealkylation sites (tertiary alicyclic amines) is 1. The summed E-state index contributed by atoms with van der Waals surface area (Å²) >= 11 is 0. The Morgan fingerprint density at radius 1 is 1.64 bits per heavy atom. The minimum Gasteiger partial charge on any atom is -0.351 e. The Morgan fingerprint density at radius 3 is 3.07 bits per heavy atom. The first-order chi connectivity index (χ1) is 6.74. The van der Waals surface area contributed by atoms with Gasteiger partial charge in [0.2, 0.25) is 5.91 Å². The van der Waals surface area contributed by atoms with Gasteiger partial charge in [-0.25, -0.2) is 0 Å². The van der Waals surface area contributed by atoms with Gasteiger partial charge in [0.15, 0.2) is 0 Å². The van der Waals surface area contributed by atoms with E-state index in [1.807, 2.05) is 0 Å². The van der Waals surface area contributed by atoms with Crippen molar-refractivity contribution in [3.05, 3.63) is 12.7 Å². The molecule has 1 aliphatic heterocycles. The lowest BCUT2D eigenvalue weighted by atomic mass is 10.0. The predicted molar refractivity (Wildman–Crippen MR) is 58.1 cm³/mol. The molecule has 1 heterocycles. The van der Waals surface area contributed by atoms with Gasteiger partial charge >= 0.3 is 0 Å².